The van der Waals surface area contributed by atoms with E-state index < -0.39 is 0 Å². The number of anilines is 2. The maximum Gasteiger partial charge on any atom is 0.274 e. The van der Waals surface area contributed by atoms with Crippen LogP contribution >= 0.6 is 0 Å². The number of hydrogen-bond donors (Lipinski definition) is 2. The van der Waals surface area contributed by atoms with Crippen LogP contribution < -0.4 is 15.5 Å². The molecule has 3 aliphatic rings. The van der Waals surface area contributed by atoms with Crippen molar-refractivity contribution in [2.45, 2.75) is 38.8 Å². The minimum Gasteiger partial charge on any atom is -0.349 e. The molecule has 7 nitrogen and oxygen atoms in total. The zero-order valence-electron chi connectivity index (χ0n) is 17.3. The van der Waals surface area contributed by atoms with Crippen LogP contribution in [0.1, 0.15) is 42.7 Å². The Morgan fingerprint density at radius 3 is 2.67 bits per heavy atom. The molecule has 0 spiro atoms. The summed E-state index contributed by atoms with van der Waals surface area (Å²) in [5, 5.41) is 20.4. The van der Waals surface area contributed by atoms with Crippen LogP contribution in [-0.2, 0) is 0 Å². The quantitative estimate of drug-likeness (QED) is 0.701. The van der Waals surface area contributed by atoms with Crippen LogP contribution in [0.2, 0.25) is 0 Å². The topological polar surface area (TPSA) is 85.5 Å². The molecule has 7 heteroatoms. The van der Waals surface area contributed by atoms with Crippen molar-refractivity contribution in [3.8, 4) is 6.07 Å². The number of nitrogens with zero attached hydrogens (tertiary/aromatic N) is 4. The summed E-state index contributed by atoms with van der Waals surface area (Å²) >= 11 is 0. The number of piperazine rings is 1. The number of piperidine rings is 2. The Bertz CT molecular complexity index is 1090. The van der Waals surface area contributed by atoms with Gasteiger partial charge in [0.25, 0.3) is 5.91 Å². The molecule has 5 heterocycles. The Labute approximate surface area is 176 Å². The second-order valence-electron chi connectivity index (χ2n) is 7.35. The van der Waals surface area contributed by atoms with Crippen molar-refractivity contribution in [1.29, 1.82) is 5.26 Å². The van der Waals surface area contributed by atoms with Crippen molar-refractivity contribution >= 4 is 22.9 Å². The molecule has 6 rings (SSSR count). The number of fused-ring (bicyclic) bond motifs is 4. The molecular formula is C23H26N6O. The van der Waals surface area contributed by atoms with Crippen molar-refractivity contribution in [3.05, 3.63) is 59.8 Å². The van der Waals surface area contributed by atoms with Crippen molar-refractivity contribution < 1.29 is 4.79 Å². The standard InChI is InChI=1S/C21H20N6O.C2H6/c22-11-14-3-1-2-4-18(14)24-21(28)19-9-7-16-8-10-20(25-27(16)19)26-13-15-5-6-17(26)12-23-15;1-2/h1-4,7-10,15,17,23H,5-6,12-13H2,(H,24,28);1-2H3. The molecule has 3 saturated heterocycles. The predicted molar refractivity (Wildman–Crippen MR) is 118 cm³/mol. The lowest BCUT2D eigenvalue weighted by Gasteiger charge is -2.46. The molecule has 2 unspecified atom stereocenters. The van der Waals surface area contributed by atoms with E-state index in [0.717, 1.165) is 24.4 Å². The van der Waals surface area contributed by atoms with Crippen molar-refractivity contribution in [1.82, 2.24) is 14.9 Å². The minimum atomic E-state index is -0.283. The molecule has 2 aromatic heterocycles. The minimum absolute atomic E-state index is 0.283. The first-order valence-electron chi connectivity index (χ1n) is 10.5. The highest BCUT2D eigenvalue weighted by atomic mass is 16.2. The Balaban J connectivity index is 0.00000106. The third-order valence-corrected chi connectivity index (χ3v) is 5.66. The van der Waals surface area contributed by atoms with Crippen molar-refractivity contribution in [3.63, 3.8) is 0 Å². The molecule has 30 heavy (non-hydrogen) atoms. The summed E-state index contributed by atoms with van der Waals surface area (Å²) in [6.07, 6.45) is 2.38. The highest BCUT2D eigenvalue weighted by Crippen LogP contribution is 2.27. The lowest BCUT2D eigenvalue weighted by molar-refractivity contribution is 0.102. The van der Waals surface area contributed by atoms with Gasteiger partial charge < -0.3 is 15.5 Å². The Morgan fingerprint density at radius 2 is 1.97 bits per heavy atom. The van der Waals surface area contributed by atoms with E-state index in [-0.39, 0.29) is 5.91 Å². The third-order valence-electron chi connectivity index (χ3n) is 5.66. The molecular weight excluding hydrogens is 376 g/mol. The predicted octanol–water partition coefficient (Wildman–Crippen LogP) is 3.43. The molecule has 3 aliphatic heterocycles. The molecule has 0 aliphatic carbocycles. The number of benzene rings is 1. The van der Waals surface area contributed by atoms with E-state index in [0.29, 0.717) is 29.0 Å². The molecule has 1 amide bonds. The van der Waals surface area contributed by atoms with Gasteiger partial charge in [-0.05, 0) is 49.2 Å². The molecule has 154 valence electrons. The van der Waals surface area contributed by atoms with E-state index in [2.05, 4.69) is 21.6 Å². The highest BCUT2D eigenvalue weighted by Gasteiger charge is 2.34. The van der Waals surface area contributed by atoms with E-state index in [1.165, 1.54) is 12.8 Å². The Morgan fingerprint density at radius 1 is 1.17 bits per heavy atom. The first-order chi connectivity index (χ1) is 14.7. The van der Waals surface area contributed by atoms with E-state index >= 15 is 0 Å². The monoisotopic (exact) mass is 402 g/mol. The summed E-state index contributed by atoms with van der Waals surface area (Å²) in [6.45, 7) is 5.93. The van der Waals surface area contributed by atoms with Gasteiger partial charge in [0.2, 0.25) is 0 Å². The van der Waals surface area contributed by atoms with Crippen molar-refractivity contribution in [2.75, 3.05) is 23.3 Å². The number of aromatic nitrogens is 2. The van der Waals surface area contributed by atoms with Crippen LogP contribution in [0.3, 0.4) is 0 Å². The van der Waals surface area contributed by atoms with Crippen LogP contribution in [-0.4, -0.2) is 40.7 Å². The number of hydrogen-bond acceptors (Lipinski definition) is 5. The Hall–Kier alpha value is -3.37. The van der Waals surface area contributed by atoms with Crippen LogP contribution in [0.15, 0.2) is 48.5 Å². The number of nitriles is 1. The molecule has 1 aromatic carbocycles. The lowest BCUT2D eigenvalue weighted by atomic mass is 9.93. The third kappa shape index (κ3) is 3.62. The molecule has 0 radical (unpaired) electrons. The summed E-state index contributed by atoms with van der Waals surface area (Å²) in [7, 11) is 0. The van der Waals surface area contributed by atoms with E-state index in [1.54, 1.807) is 34.8 Å². The number of carbonyl (C=O) groups is 1. The first-order valence-corrected chi connectivity index (χ1v) is 10.5. The van der Waals surface area contributed by atoms with Gasteiger partial charge in [-0.1, -0.05) is 26.0 Å². The molecule has 2 bridgehead atoms. The van der Waals surface area contributed by atoms with Gasteiger partial charge in [-0.3, -0.25) is 4.79 Å². The summed E-state index contributed by atoms with van der Waals surface area (Å²) in [4.78, 5) is 15.2. The number of nitrogens with one attached hydrogen (secondary N) is 2. The van der Waals surface area contributed by atoms with Gasteiger partial charge in [0.1, 0.15) is 17.6 Å². The van der Waals surface area contributed by atoms with Crippen molar-refractivity contribution in [2.24, 2.45) is 0 Å². The fourth-order valence-electron chi connectivity index (χ4n) is 4.17. The van der Waals surface area contributed by atoms with Crippen LogP contribution in [0.25, 0.3) is 5.52 Å². The second kappa shape index (κ2) is 8.56. The average Bonchev–Trinajstić information content (AvgIpc) is 3.25. The van der Waals surface area contributed by atoms with Gasteiger partial charge in [-0.25, -0.2) is 4.52 Å². The van der Waals surface area contributed by atoms with E-state index in [9.17, 15) is 10.1 Å². The fraction of sp³-hybridized carbons (Fsp3) is 0.348. The summed E-state index contributed by atoms with van der Waals surface area (Å²) in [6, 6.07) is 17.7. The smallest absolute Gasteiger partial charge is 0.274 e. The molecule has 0 saturated carbocycles. The Kier molecular flexibility index (Phi) is 5.68. The SMILES string of the molecule is CC.N#Cc1ccccc1NC(=O)c1ccc2ccc(N3CC4CCC3CN4)nn12. The largest absolute Gasteiger partial charge is 0.349 e. The summed E-state index contributed by atoms with van der Waals surface area (Å²) in [5.74, 6) is 0.612. The summed E-state index contributed by atoms with van der Waals surface area (Å²) in [5.41, 5.74) is 2.25. The van der Waals surface area contributed by atoms with E-state index in [1.807, 2.05) is 32.0 Å². The highest BCUT2D eigenvalue weighted by molar-refractivity contribution is 6.04. The van der Waals surface area contributed by atoms with Crippen LogP contribution in [0.4, 0.5) is 11.5 Å². The molecule has 3 aromatic rings. The average molecular weight is 403 g/mol. The van der Waals surface area contributed by atoms with Gasteiger partial charge in [-0.15, -0.1) is 5.10 Å². The number of carbonyl (C=O) groups excluding carboxylic acids is 1. The number of rotatable bonds is 3. The number of amides is 1. The maximum atomic E-state index is 12.9. The van der Waals surface area contributed by atoms with Crippen LogP contribution in [0.5, 0.6) is 0 Å². The lowest BCUT2D eigenvalue weighted by Crippen LogP contribution is -2.61. The second-order valence-corrected chi connectivity index (χ2v) is 7.35. The fourth-order valence-corrected chi connectivity index (χ4v) is 4.17. The van der Waals surface area contributed by atoms with E-state index in [4.69, 9.17) is 5.10 Å². The first kappa shape index (κ1) is 19.9. The van der Waals surface area contributed by atoms with Gasteiger partial charge in [0.05, 0.1) is 16.8 Å². The molecule has 2 atom stereocenters. The van der Waals surface area contributed by atoms with Gasteiger partial charge in [0.15, 0.2) is 0 Å². The zero-order chi connectivity index (χ0) is 21.1. The van der Waals surface area contributed by atoms with Gasteiger partial charge in [0, 0.05) is 25.2 Å². The zero-order valence-corrected chi connectivity index (χ0v) is 17.3. The molecule has 3 fully saturated rings. The normalized spacial score (nSPS) is 19.7. The maximum absolute atomic E-state index is 12.9. The summed E-state index contributed by atoms with van der Waals surface area (Å²) < 4.78 is 1.69. The number of para-hydroxylation sites is 1. The van der Waals surface area contributed by atoms with Gasteiger partial charge >= 0.3 is 0 Å². The molecule has 2 N–H and O–H groups in total. The van der Waals surface area contributed by atoms with Gasteiger partial charge in [-0.2, -0.15) is 5.26 Å². The van der Waals surface area contributed by atoms with Crippen LogP contribution in [0, 0.1) is 11.3 Å².